The summed E-state index contributed by atoms with van der Waals surface area (Å²) in [7, 11) is 0. The molecule has 0 radical (unpaired) electrons. The average Bonchev–Trinajstić information content (AvgIpc) is 2.35. The van der Waals surface area contributed by atoms with Gasteiger partial charge in [0.25, 0.3) is 0 Å². The summed E-state index contributed by atoms with van der Waals surface area (Å²) in [5.41, 5.74) is 0.169. The Bertz CT molecular complexity index is 246. The molecule has 1 aliphatic heterocycles. The summed E-state index contributed by atoms with van der Waals surface area (Å²) in [6.07, 6.45) is 11.6. The molecule has 0 spiro atoms. The number of terminal acetylenes is 1. The predicted octanol–water partition coefficient (Wildman–Crippen LogP) is 2.64. The molecule has 2 nitrogen and oxygen atoms in total. The molecule has 1 aliphatic rings. The third-order valence-corrected chi connectivity index (χ3v) is 3.99. The topological polar surface area (TPSA) is 15.3 Å². The van der Waals surface area contributed by atoms with Crippen LogP contribution in [0.1, 0.15) is 52.9 Å². The minimum Gasteiger partial charge on any atom is -0.311 e. The largest absolute Gasteiger partial charge is 0.311 e. The zero-order valence-electron chi connectivity index (χ0n) is 11.8. The van der Waals surface area contributed by atoms with Gasteiger partial charge < -0.3 is 5.32 Å². The van der Waals surface area contributed by atoms with Gasteiger partial charge in [0.1, 0.15) is 0 Å². The Balaban J connectivity index is 2.64. The fourth-order valence-electron chi connectivity index (χ4n) is 2.70. The fraction of sp³-hybridized carbons (Fsp3) is 0.867. The maximum atomic E-state index is 5.52. The molecule has 1 rings (SSSR count). The Hall–Kier alpha value is -0.520. The van der Waals surface area contributed by atoms with E-state index in [1.54, 1.807) is 0 Å². The van der Waals surface area contributed by atoms with Gasteiger partial charge in [-0.3, -0.25) is 4.90 Å². The molecule has 98 valence electrons. The van der Waals surface area contributed by atoms with E-state index in [2.05, 4.69) is 36.9 Å². The first-order valence-corrected chi connectivity index (χ1v) is 7.04. The fourth-order valence-corrected chi connectivity index (χ4v) is 2.70. The Kier molecular flexibility index (Phi) is 6.02. The maximum Gasteiger partial charge on any atom is 0.0356 e. The predicted molar refractivity (Wildman–Crippen MR) is 75.0 cm³/mol. The molecule has 2 heteroatoms. The number of likely N-dealkylation sites (tertiary alicyclic amines) is 1. The lowest BCUT2D eigenvalue weighted by molar-refractivity contribution is 0.0626. The summed E-state index contributed by atoms with van der Waals surface area (Å²) in [5.74, 6) is 2.83. The van der Waals surface area contributed by atoms with Crippen LogP contribution in [0.5, 0.6) is 0 Å². The monoisotopic (exact) mass is 236 g/mol. The van der Waals surface area contributed by atoms with E-state index < -0.39 is 0 Å². The van der Waals surface area contributed by atoms with Crippen LogP contribution in [0.3, 0.4) is 0 Å². The molecule has 0 aliphatic carbocycles. The lowest BCUT2D eigenvalue weighted by Crippen LogP contribution is -2.59. The molecule has 0 bridgehead atoms. The Morgan fingerprint density at radius 1 is 1.29 bits per heavy atom. The van der Waals surface area contributed by atoms with Crippen molar-refractivity contribution in [2.75, 3.05) is 19.6 Å². The van der Waals surface area contributed by atoms with Gasteiger partial charge in [-0.05, 0) is 52.7 Å². The van der Waals surface area contributed by atoms with Crippen molar-refractivity contribution < 1.29 is 0 Å². The highest BCUT2D eigenvalue weighted by Gasteiger charge is 2.34. The summed E-state index contributed by atoms with van der Waals surface area (Å²) in [4.78, 5) is 2.61. The van der Waals surface area contributed by atoms with Crippen LogP contribution in [0.4, 0.5) is 0 Å². The molecule has 1 unspecified atom stereocenters. The lowest BCUT2D eigenvalue weighted by atomic mass is 9.88. The van der Waals surface area contributed by atoms with Gasteiger partial charge >= 0.3 is 0 Å². The molecule has 1 atom stereocenters. The average molecular weight is 236 g/mol. The number of hydrogen-bond donors (Lipinski definition) is 1. The van der Waals surface area contributed by atoms with Crippen LogP contribution < -0.4 is 5.32 Å². The second-order valence-electron chi connectivity index (χ2n) is 5.62. The Morgan fingerprint density at radius 2 is 1.94 bits per heavy atom. The highest BCUT2D eigenvalue weighted by Crippen LogP contribution is 2.25. The van der Waals surface area contributed by atoms with E-state index in [0.29, 0.717) is 6.04 Å². The molecule has 0 saturated carbocycles. The van der Waals surface area contributed by atoms with Gasteiger partial charge in [0.2, 0.25) is 0 Å². The van der Waals surface area contributed by atoms with E-state index >= 15 is 0 Å². The standard InChI is InChI=1S/C15H28N2/c1-5-10-14(16-11-6-2)15(3,4)17-12-8-7-9-13-17/h1,14,16H,6-13H2,2-4H3. The first-order chi connectivity index (χ1) is 8.12. The van der Waals surface area contributed by atoms with Crippen LogP contribution in [0.2, 0.25) is 0 Å². The van der Waals surface area contributed by atoms with Crippen molar-refractivity contribution in [3.63, 3.8) is 0 Å². The molecule has 17 heavy (non-hydrogen) atoms. The Labute approximate surface area is 107 Å². The first kappa shape index (κ1) is 14.5. The van der Waals surface area contributed by atoms with Gasteiger partial charge in [0.05, 0.1) is 0 Å². The summed E-state index contributed by atoms with van der Waals surface area (Å²) in [6, 6.07) is 0.408. The van der Waals surface area contributed by atoms with Crippen molar-refractivity contribution in [2.24, 2.45) is 0 Å². The van der Waals surface area contributed by atoms with Crippen LogP contribution in [0.25, 0.3) is 0 Å². The third kappa shape index (κ3) is 4.01. The highest BCUT2D eigenvalue weighted by molar-refractivity contribution is 5.01. The molecule has 1 saturated heterocycles. The smallest absolute Gasteiger partial charge is 0.0356 e. The van der Waals surface area contributed by atoms with Gasteiger partial charge in [-0.25, -0.2) is 0 Å². The zero-order valence-corrected chi connectivity index (χ0v) is 11.8. The van der Waals surface area contributed by atoms with E-state index in [1.807, 2.05) is 0 Å². The number of hydrogen-bond acceptors (Lipinski definition) is 2. The van der Waals surface area contributed by atoms with E-state index in [1.165, 1.54) is 32.4 Å². The van der Waals surface area contributed by atoms with Crippen LogP contribution in [0, 0.1) is 12.3 Å². The molecular weight excluding hydrogens is 208 g/mol. The van der Waals surface area contributed by atoms with Crippen molar-refractivity contribution in [1.82, 2.24) is 10.2 Å². The molecular formula is C15H28N2. The Morgan fingerprint density at radius 3 is 2.47 bits per heavy atom. The molecule has 0 aromatic heterocycles. The number of piperidine rings is 1. The van der Waals surface area contributed by atoms with Gasteiger partial charge in [0, 0.05) is 18.0 Å². The number of nitrogens with one attached hydrogen (secondary N) is 1. The normalized spacial score (nSPS) is 19.9. The van der Waals surface area contributed by atoms with Gasteiger partial charge in [-0.2, -0.15) is 0 Å². The van der Waals surface area contributed by atoms with E-state index in [0.717, 1.165) is 19.4 Å². The summed E-state index contributed by atoms with van der Waals surface area (Å²) >= 11 is 0. The van der Waals surface area contributed by atoms with E-state index in [-0.39, 0.29) is 5.54 Å². The van der Waals surface area contributed by atoms with Crippen LogP contribution in [-0.2, 0) is 0 Å². The minimum absolute atomic E-state index is 0.169. The van der Waals surface area contributed by atoms with Crippen LogP contribution >= 0.6 is 0 Å². The van der Waals surface area contributed by atoms with Crippen molar-refractivity contribution in [3.05, 3.63) is 0 Å². The second-order valence-corrected chi connectivity index (χ2v) is 5.62. The summed E-state index contributed by atoms with van der Waals surface area (Å²) in [5, 5.41) is 3.62. The van der Waals surface area contributed by atoms with Crippen molar-refractivity contribution in [3.8, 4) is 12.3 Å². The molecule has 1 heterocycles. The van der Waals surface area contributed by atoms with Crippen LogP contribution in [0.15, 0.2) is 0 Å². The zero-order chi connectivity index (χ0) is 12.7. The molecule has 0 amide bonds. The van der Waals surface area contributed by atoms with Crippen molar-refractivity contribution in [2.45, 2.75) is 64.5 Å². The van der Waals surface area contributed by atoms with Crippen LogP contribution in [-0.4, -0.2) is 36.1 Å². The molecule has 1 N–H and O–H groups in total. The first-order valence-electron chi connectivity index (χ1n) is 7.04. The molecule has 0 aromatic rings. The van der Waals surface area contributed by atoms with E-state index in [9.17, 15) is 0 Å². The minimum atomic E-state index is 0.169. The summed E-state index contributed by atoms with van der Waals surface area (Å²) < 4.78 is 0. The lowest BCUT2D eigenvalue weighted by Gasteiger charge is -2.46. The highest BCUT2D eigenvalue weighted by atomic mass is 15.2. The SMILES string of the molecule is C#CCC(NCCC)C(C)(C)N1CCCCC1. The number of rotatable bonds is 6. The van der Waals surface area contributed by atoms with Crippen molar-refractivity contribution in [1.29, 1.82) is 0 Å². The summed E-state index contributed by atoms with van der Waals surface area (Å²) in [6.45, 7) is 10.4. The quantitative estimate of drug-likeness (QED) is 0.713. The second kappa shape index (κ2) is 7.03. The van der Waals surface area contributed by atoms with E-state index in [4.69, 9.17) is 6.42 Å². The van der Waals surface area contributed by atoms with Crippen molar-refractivity contribution >= 4 is 0 Å². The molecule has 1 fully saturated rings. The number of nitrogens with zero attached hydrogens (tertiary/aromatic N) is 1. The third-order valence-electron chi connectivity index (χ3n) is 3.99. The van der Waals surface area contributed by atoms with Gasteiger partial charge in [-0.1, -0.05) is 13.3 Å². The maximum absolute atomic E-state index is 5.52. The molecule has 0 aromatic carbocycles. The van der Waals surface area contributed by atoms with Gasteiger partial charge in [-0.15, -0.1) is 12.3 Å². The van der Waals surface area contributed by atoms with Gasteiger partial charge in [0.15, 0.2) is 0 Å².